The van der Waals surface area contributed by atoms with Crippen molar-refractivity contribution >= 4 is 16.0 Å². The maximum atomic E-state index is 13.6. The summed E-state index contributed by atoms with van der Waals surface area (Å²) in [6.07, 6.45) is 0. The predicted octanol–water partition coefficient (Wildman–Crippen LogP) is 2.72. The highest BCUT2D eigenvalue weighted by atomic mass is 32.2. The fraction of sp³-hybridized carbons (Fsp3) is 0.0588. The molecule has 0 bridgehead atoms. The molecule has 0 fully saturated rings. The number of sulfonamides is 1. The molecule has 1 heterocycles. The first-order valence-corrected chi connectivity index (χ1v) is 8.87. The Labute approximate surface area is 148 Å². The highest BCUT2D eigenvalue weighted by Gasteiger charge is 2.23. The molecule has 0 aliphatic heterocycles. The fourth-order valence-corrected chi connectivity index (χ4v) is 2.89. The lowest BCUT2D eigenvalue weighted by atomic mass is 10.0. The van der Waals surface area contributed by atoms with Gasteiger partial charge in [-0.1, -0.05) is 29.4 Å². The minimum atomic E-state index is -3.86. The highest BCUT2D eigenvalue weighted by molar-refractivity contribution is 7.89. The summed E-state index contributed by atoms with van der Waals surface area (Å²) in [5.41, 5.74) is 1.38. The molecule has 134 valence electrons. The van der Waals surface area contributed by atoms with Crippen LogP contribution in [-0.4, -0.2) is 19.5 Å². The molecule has 2 aromatic carbocycles. The summed E-state index contributed by atoms with van der Waals surface area (Å²) in [5.74, 6) is -1.29. The van der Waals surface area contributed by atoms with E-state index in [1.165, 1.54) is 49.4 Å². The zero-order valence-corrected chi connectivity index (χ0v) is 14.3. The Hall–Kier alpha value is -3.04. The second-order valence-electron chi connectivity index (χ2n) is 5.37. The average Bonchev–Trinajstić information content (AvgIpc) is 2.97. The van der Waals surface area contributed by atoms with Crippen molar-refractivity contribution in [1.82, 2.24) is 5.16 Å². The molecule has 3 aromatic rings. The number of hydrogen-bond acceptors (Lipinski definition) is 6. The van der Waals surface area contributed by atoms with Crippen LogP contribution >= 0.6 is 0 Å². The molecule has 26 heavy (non-hydrogen) atoms. The number of primary sulfonamides is 1. The van der Waals surface area contributed by atoms with Crippen molar-refractivity contribution in [2.45, 2.75) is 11.8 Å². The molecule has 1 aromatic heterocycles. The number of halogens is 1. The number of benzene rings is 2. The van der Waals surface area contributed by atoms with E-state index >= 15 is 0 Å². The van der Waals surface area contributed by atoms with Crippen LogP contribution in [0.3, 0.4) is 0 Å². The van der Waals surface area contributed by atoms with Gasteiger partial charge >= 0.3 is 11.9 Å². The number of aromatic nitrogens is 1. The summed E-state index contributed by atoms with van der Waals surface area (Å²) >= 11 is 0. The standard InChI is InChI=1S/C17H13FN2O5S/c1-10(21)24-17-15(11-5-7-14(8-6-11)26(19,22)23)16(20-25-17)12-3-2-4-13(18)9-12/h2-9H,1H3,(H2,19,22,23). The van der Waals surface area contributed by atoms with E-state index in [0.29, 0.717) is 11.1 Å². The molecule has 0 saturated heterocycles. The molecule has 0 saturated carbocycles. The maximum Gasteiger partial charge on any atom is 0.327 e. The predicted molar refractivity (Wildman–Crippen MR) is 90.0 cm³/mol. The summed E-state index contributed by atoms with van der Waals surface area (Å²) in [6, 6.07) is 11.1. The monoisotopic (exact) mass is 376 g/mol. The number of esters is 1. The van der Waals surface area contributed by atoms with Gasteiger partial charge in [-0.2, -0.15) is 0 Å². The van der Waals surface area contributed by atoms with E-state index in [0.717, 1.165) is 0 Å². The Morgan fingerprint density at radius 1 is 1.15 bits per heavy atom. The van der Waals surface area contributed by atoms with Gasteiger partial charge in [0.1, 0.15) is 11.5 Å². The van der Waals surface area contributed by atoms with Crippen molar-refractivity contribution in [2.75, 3.05) is 0 Å². The molecule has 0 amide bonds. The molecule has 0 aliphatic carbocycles. The van der Waals surface area contributed by atoms with E-state index < -0.39 is 21.8 Å². The summed E-state index contributed by atoms with van der Waals surface area (Å²) < 4.78 is 46.5. The van der Waals surface area contributed by atoms with Crippen molar-refractivity contribution in [2.24, 2.45) is 5.14 Å². The normalized spacial score (nSPS) is 11.3. The van der Waals surface area contributed by atoms with Gasteiger partial charge in [0.2, 0.25) is 10.0 Å². The van der Waals surface area contributed by atoms with Crippen LogP contribution in [0.1, 0.15) is 6.92 Å². The van der Waals surface area contributed by atoms with Crippen molar-refractivity contribution in [3.05, 3.63) is 54.3 Å². The van der Waals surface area contributed by atoms with Crippen LogP contribution < -0.4 is 9.88 Å². The van der Waals surface area contributed by atoms with Crippen LogP contribution in [0.25, 0.3) is 22.4 Å². The molecular formula is C17H13FN2O5S. The molecule has 3 rings (SSSR count). The van der Waals surface area contributed by atoms with Crippen LogP contribution in [0.4, 0.5) is 4.39 Å². The van der Waals surface area contributed by atoms with Crippen LogP contribution in [0.5, 0.6) is 5.95 Å². The lowest BCUT2D eigenvalue weighted by Crippen LogP contribution is -2.11. The number of carbonyl (C=O) groups excluding carboxylic acids is 1. The van der Waals surface area contributed by atoms with E-state index in [9.17, 15) is 17.6 Å². The summed E-state index contributed by atoms with van der Waals surface area (Å²) in [7, 11) is -3.86. The maximum absolute atomic E-state index is 13.6. The Balaban J connectivity index is 2.17. The van der Waals surface area contributed by atoms with Crippen molar-refractivity contribution in [1.29, 1.82) is 0 Å². The quantitative estimate of drug-likeness (QED) is 0.701. The van der Waals surface area contributed by atoms with Gasteiger partial charge in [0.25, 0.3) is 0 Å². The van der Waals surface area contributed by atoms with Crippen LogP contribution in [0.15, 0.2) is 57.9 Å². The molecule has 0 radical (unpaired) electrons. The van der Waals surface area contributed by atoms with Gasteiger partial charge in [-0.3, -0.25) is 4.79 Å². The Morgan fingerprint density at radius 3 is 2.42 bits per heavy atom. The third-order valence-corrected chi connectivity index (χ3v) is 4.40. The van der Waals surface area contributed by atoms with Gasteiger partial charge in [-0.15, -0.1) is 0 Å². The van der Waals surface area contributed by atoms with Crippen molar-refractivity contribution < 1.29 is 26.9 Å². The topological polar surface area (TPSA) is 112 Å². The second-order valence-corrected chi connectivity index (χ2v) is 6.93. The van der Waals surface area contributed by atoms with E-state index in [-0.39, 0.29) is 22.1 Å². The lowest BCUT2D eigenvalue weighted by Gasteiger charge is -2.06. The van der Waals surface area contributed by atoms with Crippen LogP contribution in [0.2, 0.25) is 0 Å². The van der Waals surface area contributed by atoms with Gasteiger partial charge in [0, 0.05) is 12.5 Å². The average molecular weight is 376 g/mol. The van der Waals surface area contributed by atoms with Gasteiger partial charge in [0.05, 0.1) is 10.5 Å². The van der Waals surface area contributed by atoms with Gasteiger partial charge in [0.15, 0.2) is 0 Å². The molecule has 0 spiro atoms. The second kappa shape index (κ2) is 6.70. The largest absolute Gasteiger partial charge is 0.391 e. The summed E-state index contributed by atoms with van der Waals surface area (Å²) in [4.78, 5) is 11.2. The minimum absolute atomic E-state index is 0.0842. The third-order valence-electron chi connectivity index (χ3n) is 3.47. The zero-order valence-electron chi connectivity index (χ0n) is 13.5. The van der Waals surface area contributed by atoms with E-state index in [1.807, 2.05) is 0 Å². The minimum Gasteiger partial charge on any atom is -0.391 e. The third kappa shape index (κ3) is 3.63. The zero-order chi connectivity index (χ0) is 18.9. The van der Waals surface area contributed by atoms with Crippen molar-refractivity contribution in [3.8, 4) is 28.3 Å². The van der Waals surface area contributed by atoms with Crippen molar-refractivity contribution in [3.63, 3.8) is 0 Å². The Kier molecular flexibility index (Phi) is 4.58. The highest BCUT2D eigenvalue weighted by Crippen LogP contribution is 2.39. The summed E-state index contributed by atoms with van der Waals surface area (Å²) in [5, 5.41) is 8.96. The molecule has 0 unspecified atom stereocenters. The Morgan fingerprint density at radius 2 is 1.85 bits per heavy atom. The Bertz CT molecular complexity index is 1070. The number of ether oxygens (including phenoxy) is 1. The smallest absolute Gasteiger partial charge is 0.327 e. The number of rotatable bonds is 4. The fourth-order valence-electron chi connectivity index (χ4n) is 2.37. The van der Waals surface area contributed by atoms with Gasteiger partial charge < -0.3 is 9.26 Å². The van der Waals surface area contributed by atoms with Crippen LogP contribution in [0, 0.1) is 5.82 Å². The number of hydrogen-bond donors (Lipinski definition) is 1. The van der Waals surface area contributed by atoms with Gasteiger partial charge in [-0.05, 0) is 29.8 Å². The number of carbonyl (C=O) groups is 1. The lowest BCUT2D eigenvalue weighted by molar-refractivity contribution is -0.133. The number of nitrogens with two attached hydrogens (primary N) is 1. The molecule has 9 heteroatoms. The molecule has 7 nitrogen and oxygen atoms in total. The molecule has 0 atom stereocenters. The first-order chi connectivity index (χ1) is 12.3. The molecule has 0 aliphatic rings. The molecular weight excluding hydrogens is 363 g/mol. The summed E-state index contributed by atoms with van der Waals surface area (Å²) in [6.45, 7) is 1.19. The first kappa shape index (κ1) is 17.8. The van der Waals surface area contributed by atoms with E-state index in [1.54, 1.807) is 6.07 Å². The van der Waals surface area contributed by atoms with Crippen LogP contribution in [-0.2, 0) is 14.8 Å². The van der Waals surface area contributed by atoms with Gasteiger partial charge in [-0.25, -0.2) is 17.9 Å². The number of nitrogens with zero attached hydrogens (tertiary/aromatic N) is 1. The molecule has 2 N–H and O–H groups in total. The van der Waals surface area contributed by atoms with E-state index in [4.69, 9.17) is 14.4 Å². The van der Waals surface area contributed by atoms with E-state index in [2.05, 4.69) is 5.16 Å². The first-order valence-electron chi connectivity index (χ1n) is 7.33. The SMILES string of the molecule is CC(=O)Oc1onc(-c2cccc(F)c2)c1-c1ccc(S(N)(=O)=O)cc1.